The van der Waals surface area contributed by atoms with Crippen molar-refractivity contribution in [3.8, 4) is 5.75 Å². The minimum atomic E-state index is -3.85. The van der Waals surface area contributed by atoms with Gasteiger partial charge in [-0.2, -0.15) is 0 Å². The molecule has 2 aromatic rings. The fourth-order valence-corrected chi connectivity index (χ4v) is 3.70. The van der Waals surface area contributed by atoms with Gasteiger partial charge >= 0.3 is 0 Å². The average Bonchev–Trinajstić information content (AvgIpc) is 2.84. The number of ether oxygens (including phenoxy) is 1. The fraction of sp³-hybridized carbons (Fsp3) is 0.400. The van der Waals surface area contributed by atoms with Crippen LogP contribution in [0.1, 0.15) is 36.4 Å². The molecular formula is C15H19FN2O4S. The van der Waals surface area contributed by atoms with E-state index < -0.39 is 21.9 Å². The van der Waals surface area contributed by atoms with Crippen LogP contribution in [0.4, 0.5) is 4.39 Å². The number of methoxy groups -OCH3 is 1. The molecule has 0 aliphatic heterocycles. The van der Waals surface area contributed by atoms with Crippen LogP contribution in [0.25, 0.3) is 0 Å². The molecule has 0 unspecified atom stereocenters. The maximum atomic E-state index is 13.5. The molecule has 23 heavy (non-hydrogen) atoms. The second-order valence-corrected chi connectivity index (χ2v) is 6.83. The summed E-state index contributed by atoms with van der Waals surface area (Å²) < 4.78 is 51.1. The van der Waals surface area contributed by atoms with Gasteiger partial charge < -0.3 is 9.26 Å². The van der Waals surface area contributed by atoms with Crippen molar-refractivity contribution in [1.82, 2.24) is 9.88 Å². The van der Waals surface area contributed by atoms with Crippen molar-refractivity contribution in [2.24, 2.45) is 0 Å². The van der Waals surface area contributed by atoms with Crippen LogP contribution >= 0.6 is 0 Å². The average molecular weight is 342 g/mol. The summed E-state index contributed by atoms with van der Waals surface area (Å²) in [7, 11) is -2.57. The number of nitrogens with zero attached hydrogens (tertiary/aromatic N) is 1. The van der Waals surface area contributed by atoms with E-state index in [1.54, 1.807) is 13.8 Å². The first-order valence-electron chi connectivity index (χ1n) is 7.08. The van der Waals surface area contributed by atoms with Crippen molar-refractivity contribution in [1.29, 1.82) is 0 Å². The number of hydrogen-bond donors (Lipinski definition) is 1. The van der Waals surface area contributed by atoms with Gasteiger partial charge in [0.05, 0.1) is 23.7 Å². The topological polar surface area (TPSA) is 81.4 Å². The molecule has 126 valence electrons. The number of aromatic nitrogens is 1. The number of rotatable bonds is 6. The van der Waals surface area contributed by atoms with Crippen LogP contribution in [0.3, 0.4) is 0 Å². The molecule has 8 heteroatoms. The van der Waals surface area contributed by atoms with Crippen molar-refractivity contribution in [2.75, 3.05) is 7.11 Å². The van der Waals surface area contributed by atoms with Crippen LogP contribution < -0.4 is 9.46 Å². The number of nitrogens with one attached hydrogen (secondary N) is 1. The molecule has 0 spiro atoms. The Bertz CT molecular complexity index is 782. The normalized spacial score (nSPS) is 13.1. The van der Waals surface area contributed by atoms with E-state index in [1.165, 1.54) is 13.2 Å². The van der Waals surface area contributed by atoms with Gasteiger partial charge in [0.25, 0.3) is 0 Å². The Morgan fingerprint density at radius 3 is 2.61 bits per heavy atom. The molecule has 0 saturated heterocycles. The molecule has 0 saturated carbocycles. The van der Waals surface area contributed by atoms with Gasteiger partial charge in [-0.05, 0) is 32.4 Å². The smallest absolute Gasteiger partial charge is 0.241 e. The fourth-order valence-electron chi connectivity index (χ4n) is 2.40. The third kappa shape index (κ3) is 3.53. The van der Waals surface area contributed by atoms with Crippen molar-refractivity contribution in [3.05, 3.63) is 41.0 Å². The second-order valence-electron chi connectivity index (χ2n) is 5.12. The first-order valence-corrected chi connectivity index (χ1v) is 8.57. The highest BCUT2D eigenvalue weighted by molar-refractivity contribution is 7.89. The first kappa shape index (κ1) is 17.4. The number of benzene rings is 1. The lowest BCUT2D eigenvalue weighted by Crippen LogP contribution is -2.29. The zero-order valence-electron chi connectivity index (χ0n) is 13.4. The molecule has 1 atom stereocenters. The summed E-state index contributed by atoms with van der Waals surface area (Å²) in [5.74, 6) is -0.184. The predicted octanol–water partition coefficient (Wildman–Crippen LogP) is 2.87. The van der Waals surface area contributed by atoms with Crippen molar-refractivity contribution in [2.45, 2.75) is 38.1 Å². The van der Waals surface area contributed by atoms with Crippen LogP contribution in [0, 0.1) is 19.7 Å². The predicted molar refractivity (Wildman–Crippen MR) is 82.3 cm³/mol. The molecule has 0 aliphatic rings. The van der Waals surface area contributed by atoms with Crippen LogP contribution in [-0.2, 0) is 10.0 Å². The van der Waals surface area contributed by atoms with Crippen molar-refractivity contribution < 1.29 is 22.1 Å². The maximum absolute atomic E-state index is 13.5. The van der Waals surface area contributed by atoms with Crippen molar-refractivity contribution >= 4 is 10.0 Å². The van der Waals surface area contributed by atoms with Crippen LogP contribution in [0.2, 0.25) is 0 Å². The number of aryl methyl sites for hydroxylation is 2. The summed E-state index contributed by atoms with van der Waals surface area (Å²) >= 11 is 0. The lowest BCUT2D eigenvalue weighted by atomic mass is 10.0. The second kappa shape index (κ2) is 6.67. The van der Waals surface area contributed by atoms with Crippen LogP contribution in [0.5, 0.6) is 5.75 Å². The molecule has 0 radical (unpaired) electrons. The number of sulfonamides is 1. The third-order valence-electron chi connectivity index (χ3n) is 3.58. The molecular weight excluding hydrogens is 323 g/mol. The minimum absolute atomic E-state index is 0.0686. The molecule has 6 nitrogen and oxygen atoms in total. The van der Waals surface area contributed by atoms with E-state index in [1.807, 2.05) is 6.92 Å². The van der Waals surface area contributed by atoms with Crippen LogP contribution in [-0.4, -0.2) is 20.7 Å². The first-order chi connectivity index (χ1) is 10.8. The summed E-state index contributed by atoms with van der Waals surface area (Å²) in [4.78, 5) is -0.0686. The van der Waals surface area contributed by atoms with Gasteiger partial charge in [0.2, 0.25) is 10.0 Å². The molecule has 0 amide bonds. The van der Waals surface area contributed by atoms with Gasteiger partial charge in [0, 0.05) is 11.6 Å². The van der Waals surface area contributed by atoms with E-state index in [-0.39, 0.29) is 10.6 Å². The van der Waals surface area contributed by atoms with Gasteiger partial charge in [-0.25, -0.2) is 17.5 Å². The molecule has 2 rings (SSSR count). The number of hydrogen-bond acceptors (Lipinski definition) is 5. The highest BCUT2D eigenvalue weighted by Gasteiger charge is 2.25. The Morgan fingerprint density at radius 2 is 2.09 bits per heavy atom. The van der Waals surface area contributed by atoms with Crippen LogP contribution in [0.15, 0.2) is 27.6 Å². The van der Waals surface area contributed by atoms with Gasteiger partial charge in [-0.1, -0.05) is 12.1 Å². The standard InChI is InChI=1S/C15H19FN2O4S/c1-5-13(15-9(2)17-22-10(15)3)18-23(19,20)11-6-7-12(16)14(8-11)21-4/h6-8,13,18H,5H2,1-4H3/t13-/m1/s1. The van der Waals surface area contributed by atoms with Gasteiger partial charge in [-0.15, -0.1) is 0 Å². The molecule has 1 aromatic heterocycles. The van der Waals surface area contributed by atoms with E-state index in [0.717, 1.165) is 12.1 Å². The summed E-state index contributed by atoms with van der Waals surface area (Å²) in [6, 6.07) is 2.92. The summed E-state index contributed by atoms with van der Waals surface area (Å²) in [5, 5.41) is 3.85. The van der Waals surface area contributed by atoms with Gasteiger partial charge in [0.15, 0.2) is 11.6 Å². The molecule has 0 fully saturated rings. The summed E-state index contributed by atoms with van der Waals surface area (Å²) in [6.07, 6.45) is 0.514. The van der Waals surface area contributed by atoms with E-state index in [4.69, 9.17) is 9.26 Å². The SMILES string of the molecule is CC[C@@H](NS(=O)(=O)c1ccc(F)c(OC)c1)c1c(C)noc1C. The molecule has 1 heterocycles. The van der Waals surface area contributed by atoms with E-state index in [2.05, 4.69) is 9.88 Å². The van der Waals surface area contributed by atoms with E-state index in [0.29, 0.717) is 23.4 Å². The Hall–Kier alpha value is -1.93. The lowest BCUT2D eigenvalue weighted by molar-refractivity contribution is 0.385. The largest absolute Gasteiger partial charge is 0.494 e. The van der Waals surface area contributed by atoms with Gasteiger partial charge in [-0.3, -0.25) is 0 Å². The Labute approximate surface area is 134 Å². The zero-order valence-corrected chi connectivity index (χ0v) is 14.2. The minimum Gasteiger partial charge on any atom is -0.494 e. The maximum Gasteiger partial charge on any atom is 0.241 e. The third-order valence-corrected chi connectivity index (χ3v) is 5.04. The summed E-state index contributed by atoms with van der Waals surface area (Å²) in [5.41, 5.74) is 1.35. The van der Waals surface area contributed by atoms with E-state index >= 15 is 0 Å². The lowest BCUT2D eigenvalue weighted by Gasteiger charge is -2.17. The molecule has 0 bridgehead atoms. The quantitative estimate of drug-likeness (QED) is 0.873. The highest BCUT2D eigenvalue weighted by atomic mass is 32.2. The Kier molecular flexibility index (Phi) is 5.06. The zero-order chi connectivity index (χ0) is 17.2. The number of halogens is 1. The molecule has 0 aliphatic carbocycles. The van der Waals surface area contributed by atoms with Gasteiger partial charge in [0.1, 0.15) is 5.76 Å². The van der Waals surface area contributed by atoms with E-state index in [9.17, 15) is 12.8 Å². The Morgan fingerprint density at radius 1 is 1.39 bits per heavy atom. The molecule has 1 aromatic carbocycles. The summed E-state index contributed by atoms with van der Waals surface area (Å²) in [6.45, 7) is 5.33. The molecule has 1 N–H and O–H groups in total. The van der Waals surface area contributed by atoms with Crippen molar-refractivity contribution in [3.63, 3.8) is 0 Å². The monoisotopic (exact) mass is 342 g/mol. The Balaban J connectivity index is 2.36. The highest BCUT2D eigenvalue weighted by Crippen LogP contribution is 2.27.